The molecule has 0 spiro atoms. The molecule has 0 aliphatic heterocycles. The number of amides is 1. The van der Waals surface area contributed by atoms with Crippen molar-refractivity contribution in [3.63, 3.8) is 0 Å². The number of esters is 1. The molecule has 0 saturated carbocycles. The molecule has 1 amide bonds. The van der Waals surface area contributed by atoms with E-state index in [0.717, 1.165) is 16.9 Å². The SMILES string of the molecule is Cc1ccc(SCC(=O)OCC(=O)N[C@H](C)c2ccc(CC(C)C)cc2)cc1C. The smallest absolute Gasteiger partial charge is 0.316 e. The maximum Gasteiger partial charge on any atom is 0.316 e. The monoisotopic (exact) mass is 413 g/mol. The highest BCUT2D eigenvalue weighted by molar-refractivity contribution is 8.00. The molecule has 0 aromatic heterocycles. The van der Waals surface area contributed by atoms with Gasteiger partial charge in [-0.2, -0.15) is 0 Å². The van der Waals surface area contributed by atoms with Gasteiger partial charge in [0.2, 0.25) is 0 Å². The minimum atomic E-state index is -0.394. The molecule has 2 rings (SSSR count). The number of carbonyl (C=O) groups is 2. The van der Waals surface area contributed by atoms with Gasteiger partial charge in [-0.15, -0.1) is 11.8 Å². The summed E-state index contributed by atoms with van der Waals surface area (Å²) in [5.74, 6) is 0.103. The molecule has 0 aliphatic carbocycles. The van der Waals surface area contributed by atoms with Crippen LogP contribution in [0.2, 0.25) is 0 Å². The van der Waals surface area contributed by atoms with Crippen LogP contribution in [0.3, 0.4) is 0 Å². The van der Waals surface area contributed by atoms with Crippen molar-refractivity contribution in [2.24, 2.45) is 5.92 Å². The largest absolute Gasteiger partial charge is 0.455 e. The highest BCUT2D eigenvalue weighted by atomic mass is 32.2. The number of hydrogen-bond acceptors (Lipinski definition) is 4. The molecule has 5 heteroatoms. The Morgan fingerprint density at radius 3 is 2.31 bits per heavy atom. The third-order valence-corrected chi connectivity index (χ3v) is 5.67. The second-order valence-corrected chi connectivity index (χ2v) is 8.87. The van der Waals surface area contributed by atoms with Gasteiger partial charge in [0.25, 0.3) is 5.91 Å². The first-order valence-electron chi connectivity index (χ1n) is 9.98. The highest BCUT2D eigenvalue weighted by Crippen LogP contribution is 2.21. The number of benzene rings is 2. The zero-order valence-electron chi connectivity index (χ0n) is 18.0. The minimum absolute atomic E-state index is 0.140. The third kappa shape index (κ3) is 7.94. The Morgan fingerprint density at radius 1 is 1.00 bits per heavy atom. The van der Waals surface area contributed by atoms with Crippen molar-refractivity contribution in [1.29, 1.82) is 0 Å². The lowest BCUT2D eigenvalue weighted by atomic mass is 10.00. The number of hydrogen-bond donors (Lipinski definition) is 1. The first-order valence-corrected chi connectivity index (χ1v) is 11.0. The first-order chi connectivity index (χ1) is 13.7. The van der Waals surface area contributed by atoms with Gasteiger partial charge in [0, 0.05) is 4.90 Å². The van der Waals surface area contributed by atoms with Gasteiger partial charge in [0.1, 0.15) is 0 Å². The standard InChI is InChI=1S/C24H31NO3S/c1-16(2)12-20-7-9-21(10-8-20)19(5)25-23(26)14-28-24(27)15-29-22-11-6-17(3)18(4)13-22/h6-11,13,16,19H,12,14-15H2,1-5H3,(H,25,26)/t19-/m1/s1. The van der Waals surface area contributed by atoms with Crippen LogP contribution in [-0.4, -0.2) is 24.2 Å². The van der Waals surface area contributed by atoms with Crippen LogP contribution in [0.15, 0.2) is 47.4 Å². The summed E-state index contributed by atoms with van der Waals surface area (Å²) in [4.78, 5) is 25.1. The van der Waals surface area contributed by atoms with E-state index in [2.05, 4.69) is 38.2 Å². The van der Waals surface area contributed by atoms with E-state index >= 15 is 0 Å². The lowest BCUT2D eigenvalue weighted by molar-refractivity contribution is -0.146. The minimum Gasteiger partial charge on any atom is -0.455 e. The third-order valence-electron chi connectivity index (χ3n) is 4.70. The van der Waals surface area contributed by atoms with E-state index in [4.69, 9.17) is 4.74 Å². The lowest BCUT2D eigenvalue weighted by Crippen LogP contribution is -2.31. The second-order valence-electron chi connectivity index (χ2n) is 7.82. The Labute approximate surface area is 178 Å². The van der Waals surface area contributed by atoms with Gasteiger partial charge >= 0.3 is 5.97 Å². The van der Waals surface area contributed by atoms with Crippen LogP contribution >= 0.6 is 11.8 Å². The Hall–Kier alpha value is -2.27. The zero-order valence-corrected chi connectivity index (χ0v) is 18.8. The quantitative estimate of drug-likeness (QED) is 0.463. The van der Waals surface area contributed by atoms with Crippen LogP contribution < -0.4 is 5.32 Å². The molecular weight excluding hydrogens is 382 g/mol. The number of rotatable bonds is 9. The average molecular weight is 414 g/mol. The summed E-state index contributed by atoms with van der Waals surface area (Å²) in [7, 11) is 0. The van der Waals surface area contributed by atoms with E-state index in [9.17, 15) is 9.59 Å². The van der Waals surface area contributed by atoms with E-state index in [1.54, 1.807) is 0 Å². The van der Waals surface area contributed by atoms with Gasteiger partial charge in [-0.1, -0.05) is 44.2 Å². The number of nitrogens with one attached hydrogen (secondary N) is 1. The second kappa shape index (κ2) is 11.1. The Kier molecular flexibility index (Phi) is 8.77. The molecule has 1 N–H and O–H groups in total. The highest BCUT2D eigenvalue weighted by Gasteiger charge is 2.12. The van der Waals surface area contributed by atoms with Gasteiger partial charge in [0.15, 0.2) is 6.61 Å². The summed E-state index contributed by atoms with van der Waals surface area (Å²) in [6, 6.07) is 14.2. The topological polar surface area (TPSA) is 55.4 Å². The number of aryl methyl sites for hydroxylation is 2. The molecule has 2 aromatic rings. The summed E-state index contributed by atoms with van der Waals surface area (Å²) in [5.41, 5.74) is 4.73. The summed E-state index contributed by atoms with van der Waals surface area (Å²) in [6.45, 7) is 10.1. The predicted molar refractivity (Wildman–Crippen MR) is 119 cm³/mol. The van der Waals surface area contributed by atoms with Crippen molar-refractivity contribution in [2.45, 2.75) is 52.0 Å². The van der Waals surface area contributed by atoms with E-state index in [1.807, 2.05) is 44.2 Å². The number of thioether (sulfide) groups is 1. The van der Waals surface area contributed by atoms with Crippen LogP contribution in [-0.2, 0) is 20.7 Å². The van der Waals surface area contributed by atoms with E-state index in [1.165, 1.54) is 28.5 Å². The fraction of sp³-hybridized carbons (Fsp3) is 0.417. The van der Waals surface area contributed by atoms with Gasteiger partial charge in [0.05, 0.1) is 11.8 Å². The maximum atomic E-state index is 12.1. The molecule has 4 nitrogen and oxygen atoms in total. The van der Waals surface area contributed by atoms with Gasteiger partial charge in [-0.25, -0.2) is 0 Å². The zero-order chi connectivity index (χ0) is 21.4. The van der Waals surface area contributed by atoms with Crippen LogP contribution in [0.1, 0.15) is 49.1 Å². The molecule has 0 heterocycles. The summed E-state index contributed by atoms with van der Waals surface area (Å²) >= 11 is 1.41. The number of ether oxygens (including phenoxy) is 1. The lowest BCUT2D eigenvalue weighted by Gasteiger charge is -2.15. The average Bonchev–Trinajstić information content (AvgIpc) is 2.67. The Morgan fingerprint density at radius 2 is 1.69 bits per heavy atom. The molecule has 1 atom stereocenters. The van der Waals surface area contributed by atoms with Crippen molar-refractivity contribution in [2.75, 3.05) is 12.4 Å². The van der Waals surface area contributed by atoms with E-state index in [-0.39, 0.29) is 24.3 Å². The van der Waals surface area contributed by atoms with Crippen molar-refractivity contribution < 1.29 is 14.3 Å². The molecule has 0 fully saturated rings. The Balaban J connectivity index is 1.73. The maximum absolute atomic E-state index is 12.1. The summed E-state index contributed by atoms with van der Waals surface area (Å²) < 4.78 is 5.11. The fourth-order valence-corrected chi connectivity index (χ4v) is 3.71. The summed E-state index contributed by atoms with van der Waals surface area (Å²) in [5, 5.41) is 2.88. The van der Waals surface area contributed by atoms with Crippen molar-refractivity contribution in [1.82, 2.24) is 5.32 Å². The first kappa shape index (κ1) is 23.0. The summed E-state index contributed by atoms with van der Waals surface area (Å²) in [6.07, 6.45) is 1.04. The molecule has 0 unspecified atom stereocenters. The van der Waals surface area contributed by atoms with Gasteiger partial charge in [-0.05, 0) is 67.5 Å². The van der Waals surface area contributed by atoms with Gasteiger partial charge < -0.3 is 10.1 Å². The molecular formula is C24H31NO3S. The molecule has 2 aromatic carbocycles. The molecule has 29 heavy (non-hydrogen) atoms. The molecule has 0 saturated heterocycles. The van der Waals surface area contributed by atoms with Crippen molar-refractivity contribution in [3.8, 4) is 0 Å². The van der Waals surface area contributed by atoms with Crippen molar-refractivity contribution >= 4 is 23.6 Å². The van der Waals surface area contributed by atoms with Gasteiger partial charge in [-0.3, -0.25) is 9.59 Å². The number of carbonyl (C=O) groups excluding carboxylic acids is 2. The molecule has 0 radical (unpaired) electrons. The van der Waals surface area contributed by atoms with E-state index < -0.39 is 5.97 Å². The van der Waals surface area contributed by atoms with Crippen LogP contribution in [0, 0.1) is 19.8 Å². The van der Waals surface area contributed by atoms with Crippen LogP contribution in [0.4, 0.5) is 0 Å². The predicted octanol–water partition coefficient (Wildman–Crippen LogP) is 5.01. The molecule has 0 bridgehead atoms. The normalized spacial score (nSPS) is 11.9. The Bertz CT molecular complexity index is 831. The fourth-order valence-electron chi connectivity index (χ4n) is 2.91. The molecule has 156 valence electrons. The van der Waals surface area contributed by atoms with E-state index in [0.29, 0.717) is 5.92 Å². The van der Waals surface area contributed by atoms with Crippen LogP contribution in [0.25, 0.3) is 0 Å². The molecule has 0 aliphatic rings. The van der Waals surface area contributed by atoms with Crippen LogP contribution in [0.5, 0.6) is 0 Å². The van der Waals surface area contributed by atoms with Crippen molar-refractivity contribution in [3.05, 3.63) is 64.7 Å².